The van der Waals surface area contributed by atoms with Gasteiger partial charge in [-0.2, -0.15) is 0 Å². The number of hydrogen-bond acceptors (Lipinski definition) is 3. The van der Waals surface area contributed by atoms with Crippen LogP contribution in [0.15, 0.2) is 47.3 Å². The van der Waals surface area contributed by atoms with Gasteiger partial charge in [0.05, 0.1) is 23.2 Å². The van der Waals surface area contributed by atoms with Crippen LogP contribution in [-0.2, 0) is 0 Å². The van der Waals surface area contributed by atoms with Gasteiger partial charge in [-0.05, 0) is 56.3 Å². The number of hydrogen-bond donors (Lipinski definition) is 0. The van der Waals surface area contributed by atoms with Gasteiger partial charge in [-0.25, -0.2) is 4.98 Å². The fourth-order valence-corrected chi connectivity index (χ4v) is 2.60. The predicted molar refractivity (Wildman–Crippen MR) is 88.3 cm³/mol. The lowest BCUT2D eigenvalue weighted by Crippen LogP contribution is -2.22. The third-order valence-electron chi connectivity index (χ3n) is 3.41. The van der Waals surface area contributed by atoms with E-state index in [1.807, 2.05) is 31.2 Å². The van der Waals surface area contributed by atoms with Crippen molar-refractivity contribution >= 4 is 22.5 Å². The Kier molecular flexibility index (Phi) is 3.86. The molecule has 1 heterocycles. The van der Waals surface area contributed by atoms with Crippen LogP contribution >= 0.6 is 11.6 Å². The van der Waals surface area contributed by atoms with Crippen LogP contribution in [0.5, 0.6) is 5.75 Å². The van der Waals surface area contributed by atoms with Gasteiger partial charge in [0.15, 0.2) is 0 Å². The van der Waals surface area contributed by atoms with Crippen LogP contribution in [0.4, 0.5) is 0 Å². The van der Waals surface area contributed by atoms with E-state index in [0.717, 1.165) is 11.4 Å². The van der Waals surface area contributed by atoms with Crippen molar-refractivity contribution in [3.8, 4) is 11.4 Å². The number of aromatic nitrogens is 2. The molecule has 0 unspecified atom stereocenters. The number of aryl methyl sites for hydroxylation is 1. The van der Waals surface area contributed by atoms with Crippen molar-refractivity contribution in [3.63, 3.8) is 0 Å². The summed E-state index contributed by atoms with van der Waals surface area (Å²) >= 11 is 5.96. The van der Waals surface area contributed by atoms with Gasteiger partial charge in [-0.3, -0.25) is 9.36 Å². The van der Waals surface area contributed by atoms with E-state index in [2.05, 4.69) is 4.98 Å². The van der Waals surface area contributed by atoms with Crippen LogP contribution in [0.25, 0.3) is 16.6 Å². The molecule has 0 amide bonds. The zero-order valence-electron chi connectivity index (χ0n) is 12.3. The SMILES string of the molecule is CCOc1ccc(-n2c(C)nc3cc(Cl)ccc3c2=O)cc1. The van der Waals surface area contributed by atoms with Crippen LogP contribution in [0, 0.1) is 6.92 Å². The van der Waals surface area contributed by atoms with E-state index in [0.29, 0.717) is 28.4 Å². The molecule has 1 aromatic heterocycles. The lowest BCUT2D eigenvalue weighted by atomic mass is 10.2. The van der Waals surface area contributed by atoms with Crippen molar-refractivity contribution in [1.82, 2.24) is 9.55 Å². The first-order chi connectivity index (χ1) is 10.6. The van der Waals surface area contributed by atoms with E-state index in [9.17, 15) is 4.79 Å². The van der Waals surface area contributed by atoms with Crippen LogP contribution in [0.2, 0.25) is 5.02 Å². The Balaban J connectivity index is 2.18. The van der Waals surface area contributed by atoms with Crippen molar-refractivity contribution in [2.45, 2.75) is 13.8 Å². The summed E-state index contributed by atoms with van der Waals surface area (Å²) in [6.45, 7) is 4.34. The maximum Gasteiger partial charge on any atom is 0.265 e. The van der Waals surface area contributed by atoms with Crippen LogP contribution < -0.4 is 10.3 Å². The van der Waals surface area contributed by atoms with Crippen molar-refractivity contribution in [2.75, 3.05) is 6.61 Å². The highest BCUT2D eigenvalue weighted by Crippen LogP contribution is 2.19. The molecule has 0 saturated carbocycles. The Labute approximate surface area is 132 Å². The zero-order chi connectivity index (χ0) is 15.7. The Morgan fingerprint density at radius 1 is 1.18 bits per heavy atom. The minimum atomic E-state index is -0.108. The standard InChI is InChI=1S/C17H15ClN2O2/c1-3-22-14-7-5-13(6-8-14)20-11(2)19-16-10-12(18)4-9-15(16)17(20)21/h4-10H,3H2,1-2H3. The average Bonchev–Trinajstić information content (AvgIpc) is 2.49. The lowest BCUT2D eigenvalue weighted by Gasteiger charge is -2.11. The van der Waals surface area contributed by atoms with Gasteiger partial charge in [0.2, 0.25) is 0 Å². The summed E-state index contributed by atoms with van der Waals surface area (Å²) in [7, 11) is 0. The van der Waals surface area contributed by atoms with Gasteiger partial charge in [-0.1, -0.05) is 11.6 Å². The zero-order valence-corrected chi connectivity index (χ0v) is 13.1. The summed E-state index contributed by atoms with van der Waals surface area (Å²) in [6, 6.07) is 12.5. The minimum Gasteiger partial charge on any atom is -0.494 e. The Bertz CT molecular complexity index is 886. The van der Waals surface area contributed by atoms with Crippen LogP contribution in [-0.4, -0.2) is 16.2 Å². The fourth-order valence-electron chi connectivity index (χ4n) is 2.43. The van der Waals surface area contributed by atoms with Crippen molar-refractivity contribution in [1.29, 1.82) is 0 Å². The molecule has 0 N–H and O–H groups in total. The molecule has 0 fully saturated rings. The highest BCUT2D eigenvalue weighted by molar-refractivity contribution is 6.31. The number of halogens is 1. The summed E-state index contributed by atoms with van der Waals surface area (Å²) < 4.78 is 7.01. The molecule has 0 spiro atoms. The number of fused-ring (bicyclic) bond motifs is 1. The molecular formula is C17H15ClN2O2. The molecule has 0 atom stereocenters. The molecule has 0 aliphatic heterocycles. The van der Waals surface area contributed by atoms with Gasteiger partial charge in [0, 0.05) is 5.02 Å². The second-order valence-electron chi connectivity index (χ2n) is 4.89. The molecule has 0 bridgehead atoms. The summed E-state index contributed by atoms with van der Waals surface area (Å²) in [4.78, 5) is 17.2. The molecule has 22 heavy (non-hydrogen) atoms. The topological polar surface area (TPSA) is 44.1 Å². The van der Waals surface area contributed by atoms with Gasteiger partial charge in [0.1, 0.15) is 11.6 Å². The normalized spacial score (nSPS) is 10.9. The van der Waals surface area contributed by atoms with Gasteiger partial charge in [0.25, 0.3) is 5.56 Å². The quantitative estimate of drug-likeness (QED) is 0.739. The molecule has 112 valence electrons. The molecule has 3 aromatic rings. The molecule has 2 aromatic carbocycles. The van der Waals surface area contributed by atoms with Crippen molar-refractivity contribution < 1.29 is 4.74 Å². The smallest absolute Gasteiger partial charge is 0.265 e. The third-order valence-corrected chi connectivity index (χ3v) is 3.64. The van der Waals surface area contributed by atoms with E-state index in [-0.39, 0.29) is 5.56 Å². The highest BCUT2D eigenvalue weighted by atomic mass is 35.5. The second kappa shape index (κ2) is 5.81. The Hall–Kier alpha value is -2.33. The first kappa shape index (κ1) is 14.6. The lowest BCUT2D eigenvalue weighted by molar-refractivity contribution is 0.340. The molecule has 5 heteroatoms. The first-order valence-electron chi connectivity index (χ1n) is 7.02. The first-order valence-corrected chi connectivity index (χ1v) is 7.40. The van der Waals surface area contributed by atoms with E-state index in [4.69, 9.17) is 16.3 Å². The fraction of sp³-hybridized carbons (Fsp3) is 0.176. The van der Waals surface area contributed by atoms with Gasteiger partial charge in [-0.15, -0.1) is 0 Å². The highest BCUT2D eigenvalue weighted by Gasteiger charge is 2.10. The van der Waals surface area contributed by atoms with Crippen molar-refractivity contribution in [3.05, 3.63) is 63.7 Å². The maximum atomic E-state index is 12.7. The van der Waals surface area contributed by atoms with Crippen molar-refractivity contribution in [2.24, 2.45) is 0 Å². The number of benzene rings is 2. The van der Waals surface area contributed by atoms with E-state index >= 15 is 0 Å². The molecular weight excluding hydrogens is 300 g/mol. The number of nitrogens with zero attached hydrogens (tertiary/aromatic N) is 2. The molecule has 0 aliphatic carbocycles. The molecule has 4 nitrogen and oxygen atoms in total. The maximum absolute atomic E-state index is 12.7. The predicted octanol–water partition coefficient (Wildman–Crippen LogP) is 3.75. The third kappa shape index (κ3) is 2.57. The van der Waals surface area contributed by atoms with E-state index in [1.165, 1.54) is 0 Å². The molecule has 0 radical (unpaired) electrons. The molecule has 3 rings (SSSR count). The summed E-state index contributed by atoms with van der Waals surface area (Å²) in [6.07, 6.45) is 0. The monoisotopic (exact) mass is 314 g/mol. The van der Waals surface area contributed by atoms with Gasteiger partial charge >= 0.3 is 0 Å². The van der Waals surface area contributed by atoms with E-state index in [1.54, 1.807) is 29.7 Å². The van der Waals surface area contributed by atoms with E-state index < -0.39 is 0 Å². The Morgan fingerprint density at radius 3 is 2.59 bits per heavy atom. The largest absolute Gasteiger partial charge is 0.494 e. The summed E-state index contributed by atoms with van der Waals surface area (Å²) in [5.74, 6) is 1.39. The minimum absolute atomic E-state index is 0.108. The molecule has 0 aliphatic rings. The Morgan fingerprint density at radius 2 is 1.91 bits per heavy atom. The molecule has 0 saturated heterocycles. The number of ether oxygens (including phenoxy) is 1. The van der Waals surface area contributed by atoms with Crippen LogP contribution in [0.1, 0.15) is 12.7 Å². The second-order valence-corrected chi connectivity index (χ2v) is 5.32. The summed E-state index contributed by atoms with van der Waals surface area (Å²) in [5, 5.41) is 1.11. The van der Waals surface area contributed by atoms with Crippen LogP contribution in [0.3, 0.4) is 0 Å². The summed E-state index contributed by atoms with van der Waals surface area (Å²) in [5.41, 5.74) is 1.26. The number of rotatable bonds is 3. The van der Waals surface area contributed by atoms with Gasteiger partial charge < -0.3 is 4.74 Å². The average molecular weight is 315 g/mol.